The van der Waals surface area contributed by atoms with Crippen molar-refractivity contribution in [2.45, 2.75) is 12.8 Å². The van der Waals surface area contributed by atoms with Crippen LogP contribution in [0.25, 0.3) is 0 Å². The van der Waals surface area contributed by atoms with Crippen LogP contribution in [0.1, 0.15) is 33.6 Å². The van der Waals surface area contributed by atoms with E-state index in [0.717, 1.165) is 0 Å². The molecule has 6 nitrogen and oxygen atoms in total. The Bertz CT molecular complexity index is 940. The van der Waals surface area contributed by atoms with E-state index in [1.54, 1.807) is 41.3 Å². The highest BCUT2D eigenvalue weighted by atomic mass is 35.5. The maximum atomic E-state index is 12.7. The highest BCUT2D eigenvalue weighted by Crippen LogP contribution is 2.26. The molecule has 2 amide bonds. The van der Waals surface area contributed by atoms with Crippen LogP contribution in [0.15, 0.2) is 42.5 Å². The van der Waals surface area contributed by atoms with Gasteiger partial charge in [-0.05, 0) is 43.2 Å². The number of para-hydroxylation sites is 1. The van der Waals surface area contributed by atoms with Crippen LogP contribution in [0.3, 0.4) is 0 Å². The van der Waals surface area contributed by atoms with Gasteiger partial charge in [0.05, 0.1) is 28.9 Å². The van der Waals surface area contributed by atoms with Crippen molar-refractivity contribution >= 4 is 46.7 Å². The summed E-state index contributed by atoms with van der Waals surface area (Å²) in [5.41, 5.74) is 1.11. The molecule has 0 atom stereocenters. The smallest absolute Gasteiger partial charge is 0.339 e. The first-order valence-electron chi connectivity index (χ1n) is 9.13. The zero-order valence-corrected chi connectivity index (χ0v) is 17.3. The van der Waals surface area contributed by atoms with Crippen LogP contribution in [0.2, 0.25) is 10.0 Å². The lowest BCUT2D eigenvalue weighted by atomic mass is 9.95. The van der Waals surface area contributed by atoms with E-state index in [1.807, 2.05) is 0 Å². The Kier molecular flexibility index (Phi) is 6.77. The number of amides is 2. The number of carbonyl (C=O) groups is 3. The number of rotatable bonds is 4. The first-order valence-corrected chi connectivity index (χ1v) is 9.89. The molecular formula is C21H20Cl2N2O4. The molecule has 1 aliphatic heterocycles. The summed E-state index contributed by atoms with van der Waals surface area (Å²) in [6.45, 7) is 0.878. The lowest BCUT2D eigenvalue weighted by Crippen LogP contribution is -2.41. The van der Waals surface area contributed by atoms with Crippen LogP contribution in [0.4, 0.5) is 5.69 Å². The number of anilines is 1. The predicted octanol–water partition coefficient (Wildman–Crippen LogP) is 4.27. The molecule has 2 aromatic carbocycles. The van der Waals surface area contributed by atoms with Crippen molar-refractivity contribution in [2.24, 2.45) is 5.92 Å². The van der Waals surface area contributed by atoms with E-state index in [4.69, 9.17) is 27.9 Å². The predicted molar refractivity (Wildman–Crippen MR) is 112 cm³/mol. The molecule has 0 unspecified atom stereocenters. The zero-order valence-electron chi connectivity index (χ0n) is 15.8. The molecule has 0 bridgehead atoms. The van der Waals surface area contributed by atoms with Crippen molar-refractivity contribution < 1.29 is 19.1 Å². The second-order valence-electron chi connectivity index (χ2n) is 6.72. The number of likely N-dealkylation sites (tertiary alicyclic amines) is 1. The molecule has 0 spiro atoms. The number of esters is 1. The summed E-state index contributed by atoms with van der Waals surface area (Å²) >= 11 is 12.0. The third-order valence-corrected chi connectivity index (χ3v) is 5.45. The average molecular weight is 435 g/mol. The minimum absolute atomic E-state index is 0.179. The van der Waals surface area contributed by atoms with Crippen molar-refractivity contribution in [1.82, 2.24) is 4.90 Å². The van der Waals surface area contributed by atoms with Gasteiger partial charge >= 0.3 is 5.97 Å². The number of hydrogen-bond donors (Lipinski definition) is 1. The van der Waals surface area contributed by atoms with Crippen LogP contribution in [0, 0.1) is 5.92 Å². The molecule has 1 heterocycles. The van der Waals surface area contributed by atoms with Gasteiger partial charge in [0, 0.05) is 24.0 Å². The monoisotopic (exact) mass is 434 g/mol. The molecule has 0 saturated carbocycles. The number of nitrogens with zero attached hydrogens (tertiary/aromatic N) is 1. The van der Waals surface area contributed by atoms with Crippen LogP contribution >= 0.6 is 23.2 Å². The lowest BCUT2D eigenvalue weighted by Gasteiger charge is -2.31. The number of ether oxygens (including phenoxy) is 1. The van der Waals surface area contributed by atoms with Crippen LogP contribution in [0.5, 0.6) is 0 Å². The van der Waals surface area contributed by atoms with Gasteiger partial charge in [-0.1, -0.05) is 35.3 Å². The van der Waals surface area contributed by atoms with Crippen molar-refractivity contribution in [2.75, 3.05) is 25.5 Å². The Balaban J connectivity index is 1.62. The third kappa shape index (κ3) is 4.89. The third-order valence-electron chi connectivity index (χ3n) is 4.90. The Hall–Kier alpha value is -2.57. The summed E-state index contributed by atoms with van der Waals surface area (Å²) < 4.78 is 4.75. The highest BCUT2D eigenvalue weighted by Gasteiger charge is 2.29. The first kappa shape index (κ1) is 21.1. The van der Waals surface area contributed by atoms with E-state index >= 15 is 0 Å². The summed E-state index contributed by atoms with van der Waals surface area (Å²) in [7, 11) is 1.29. The molecular weight excluding hydrogens is 415 g/mol. The standard InChI is InChI=1S/C21H20Cl2N2O4/c1-29-21(28)16-4-2-3-5-18(16)24-19(26)13-8-10-25(11-9-13)20(27)15-7-6-14(22)12-17(15)23/h2-7,12-13H,8-11H2,1H3,(H,24,26). The Morgan fingerprint density at radius 3 is 2.38 bits per heavy atom. The topological polar surface area (TPSA) is 75.7 Å². The fourth-order valence-corrected chi connectivity index (χ4v) is 3.78. The summed E-state index contributed by atoms with van der Waals surface area (Å²) in [4.78, 5) is 38.9. The Morgan fingerprint density at radius 2 is 1.72 bits per heavy atom. The number of piperidine rings is 1. The largest absolute Gasteiger partial charge is 0.465 e. The fraction of sp³-hybridized carbons (Fsp3) is 0.286. The minimum atomic E-state index is -0.513. The van der Waals surface area contributed by atoms with Crippen LogP contribution < -0.4 is 5.32 Å². The highest BCUT2D eigenvalue weighted by molar-refractivity contribution is 6.36. The normalized spacial score (nSPS) is 14.4. The molecule has 8 heteroatoms. The fourth-order valence-electron chi connectivity index (χ4n) is 3.29. The molecule has 1 N–H and O–H groups in total. The van der Waals surface area contributed by atoms with Gasteiger partial charge in [-0.3, -0.25) is 9.59 Å². The molecule has 3 rings (SSSR count). The van der Waals surface area contributed by atoms with E-state index in [0.29, 0.717) is 52.8 Å². The molecule has 1 saturated heterocycles. The second kappa shape index (κ2) is 9.29. The number of halogens is 2. The quantitative estimate of drug-likeness (QED) is 0.728. The van der Waals surface area contributed by atoms with Crippen molar-refractivity contribution in [1.29, 1.82) is 0 Å². The summed E-state index contributed by atoms with van der Waals surface area (Å²) in [5, 5.41) is 3.58. The molecule has 152 valence electrons. The van der Waals surface area contributed by atoms with Crippen molar-refractivity contribution in [3.05, 3.63) is 63.6 Å². The maximum Gasteiger partial charge on any atom is 0.339 e. The summed E-state index contributed by atoms with van der Waals surface area (Å²) in [6.07, 6.45) is 1.03. The van der Waals surface area contributed by atoms with Gasteiger partial charge in [0.15, 0.2) is 0 Å². The Labute approximate surface area is 178 Å². The molecule has 29 heavy (non-hydrogen) atoms. The van der Waals surface area contributed by atoms with Gasteiger partial charge in [0.25, 0.3) is 5.91 Å². The molecule has 0 radical (unpaired) electrons. The van der Waals surface area contributed by atoms with Gasteiger partial charge < -0.3 is 15.0 Å². The van der Waals surface area contributed by atoms with Gasteiger partial charge in [-0.15, -0.1) is 0 Å². The molecule has 0 aromatic heterocycles. The lowest BCUT2D eigenvalue weighted by molar-refractivity contribution is -0.121. The van der Waals surface area contributed by atoms with Crippen molar-refractivity contribution in [3.63, 3.8) is 0 Å². The number of carbonyl (C=O) groups excluding carboxylic acids is 3. The number of nitrogens with one attached hydrogen (secondary N) is 1. The zero-order chi connectivity index (χ0) is 21.0. The Morgan fingerprint density at radius 1 is 1.03 bits per heavy atom. The van der Waals surface area contributed by atoms with Gasteiger partial charge in [-0.25, -0.2) is 4.79 Å². The van der Waals surface area contributed by atoms with E-state index in [9.17, 15) is 14.4 Å². The van der Waals surface area contributed by atoms with E-state index < -0.39 is 5.97 Å². The number of hydrogen-bond acceptors (Lipinski definition) is 4. The SMILES string of the molecule is COC(=O)c1ccccc1NC(=O)C1CCN(C(=O)c2ccc(Cl)cc2Cl)CC1. The average Bonchev–Trinajstić information content (AvgIpc) is 2.73. The van der Waals surface area contributed by atoms with E-state index in [1.165, 1.54) is 13.2 Å². The van der Waals surface area contributed by atoms with Gasteiger partial charge in [-0.2, -0.15) is 0 Å². The number of benzene rings is 2. The molecule has 1 aliphatic rings. The molecule has 2 aromatic rings. The van der Waals surface area contributed by atoms with Gasteiger partial charge in [0.2, 0.25) is 5.91 Å². The summed E-state index contributed by atoms with van der Waals surface area (Å²) in [6, 6.07) is 11.5. The summed E-state index contributed by atoms with van der Waals surface area (Å²) in [5.74, 6) is -1.13. The minimum Gasteiger partial charge on any atom is -0.465 e. The molecule has 1 fully saturated rings. The van der Waals surface area contributed by atoms with Gasteiger partial charge in [0.1, 0.15) is 0 Å². The van der Waals surface area contributed by atoms with E-state index in [2.05, 4.69) is 5.32 Å². The maximum absolute atomic E-state index is 12.7. The molecule has 0 aliphatic carbocycles. The van der Waals surface area contributed by atoms with Crippen molar-refractivity contribution in [3.8, 4) is 0 Å². The number of methoxy groups -OCH3 is 1. The van der Waals surface area contributed by atoms with Crippen LogP contribution in [-0.2, 0) is 9.53 Å². The first-order chi connectivity index (χ1) is 13.9. The second-order valence-corrected chi connectivity index (χ2v) is 7.56. The van der Waals surface area contributed by atoms with Crippen LogP contribution in [-0.4, -0.2) is 42.9 Å². The van der Waals surface area contributed by atoms with E-state index in [-0.39, 0.29) is 17.7 Å².